The van der Waals surface area contributed by atoms with Gasteiger partial charge in [-0.2, -0.15) is 0 Å². The average molecular weight is 418 g/mol. The van der Waals surface area contributed by atoms with Crippen molar-refractivity contribution in [2.45, 2.75) is 13.5 Å². The van der Waals surface area contributed by atoms with Crippen LogP contribution in [0.3, 0.4) is 0 Å². The van der Waals surface area contributed by atoms with E-state index in [9.17, 15) is 4.39 Å². The minimum Gasteiger partial charge on any atom is -0.493 e. The van der Waals surface area contributed by atoms with E-state index in [1.54, 1.807) is 36.5 Å². The lowest BCUT2D eigenvalue weighted by molar-refractivity contribution is 0.284. The van der Waals surface area contributed by atoms with Gasteiger partial charge in [0.25, 0.3) is 0 Å². The number of ether oxygens (including phenoxy) is 2. The number of hydrogen-bond acceptors (Lipinski definition) is 3. The van der Waals surface area contributed by atoms with Crippen LogP contribution >= 0.6 is 23.2 Å². The fraction of sp³-hybridized carbons (Fsp3) is 0.136. The lowest BCUT2D eigenvalue weighted by atomic mass is 10.2. The lowest BCUT2D eigenvalue weighted by Gasteiger charge is -2.13. The summed E-state index contributed by atoms with van der Waals surface area (Å²) in [6.07, 6.45) is 1.67. The summed E-state index contributed by atoms with van der Waals surface area (Å²) in [4.78, 5) is 4.42. The predicted octanol–water partition coefficient (Wildman–Crippen LogP) is 6.78. The van der Waals surface area contributed by atoms with Gasteiger partial charge in [0.05, 0.1) is 17.8 Å². The number of aryl methyl sites for hydroxylation is 1. The van der Waals surface area contributed by atoms with Crippen LogP contribution in [-0.2, 0) is 6.61 Å². The van der Waals surface area contributed by atoms with Gasteiger partial charge in [0, 0.05) is 11.2 Å². The Morgan fingerprint density at radius 3 is 2.57 bits per heavy atom. The molecule has 3 aromatic rings. The van der Waals surface area contributed by atoms with Gasteiger partial charge in [0.2, 0.25) is 0 Å². The maximum Gasteiger partial charge on any atom is 0.180 e. The van der Waals surface area contributed by atoms with Gasteiger partial charge < -0.3 is 9.47 Å². The Morgan fingerprint density at radius 1 is 1.04 bits per heavy atom. The first-order valence-corrected chi connectivity index (χ1v) is 9.27. The minimum atomic E-state index is -0.318. The van der Waals surface area contributed by atoms with Crippen LogP contribution in [0, 0.1) is 12.7 Å². The SMILES string of the molecule is COc1cc(C=Nc2ccc(C)c(Cl)c2)cc(Cl)c1OCc1cccc(F)c1. The number of halogens is 3. The van der Waals surface area contributed by atoms with E-state index in [0.29, 0.717) is 27.1 Å². The molecule has 0 unspecified atom stereocenters. The third kappa shape index (κ3) is 5.03. The molecular weight excluding hydrogens is 400 g/mol. The molecule has 28 heavy (non-hydrogen) atoms. The molecule has 0 saturated carbocycles. The highest BCUT2D eigenvalue weighted by atomic mass is 35.5. The second-order valence-corrected chi connectivity index (χ2v) is 6.96. The summed E-state index contributed by atoms with van der Waals surface area (Å²) in [6, 6.07) is 15.3. The monoisotopic (exact) mass is 417 g/mol. The van der Waals surface area contributed by atoms with Gasteiger partial charge >= 0.3 is 0 Å². The van der Waals surface area contributed by atoms with Gasteiger partial charge in [0.1, 0.15) is 12.4 Å². The molecule has 0 amide bonds. The second kappa shape index (κ2) is 9.09. The summed E-state index contributed by atoms with van der Waals surface area (Å²) in [7, 11) is 1.53. The van der Waals surface area contributed by atoms with Crippen LogP contribution in [0.1, 0.15) is 16.7 Å². The van der Waals surface area contributed by atoms with Gasteiger partial charge in [-0.05, 0) is 60.0 Å². The largest absolute Gasteiger partial charge is 0.493 e. The quantitative estimate of drug-likeness (QED) is 0.413. The zero-order valence-corrected chi connectivity index (χ0v) is 16.9. The molecule has 3 rings (SSSR count). The Hall–Kier alpha value is -2.56. The predicted molar refractivity (Wildman–Crippen MR) is 112 cm³/mol. The van der Waals surface area contributed by atoms with Gasteiger partial charge in [0.15, 0.2) is 11.5 Å². The molecule has 0 saturated heterocycles. The first-order valence-electron chi connectivity index (χ1n) is 8.51. The number of aliphatic imine (C=N–C) groups is 1. The number of nitrogens with zero attached hydrogens (tertiary/aromatic N) is 1. The number of hydrogen-bond donors (Lipinski definition) is 0. The maximum absolute atomic E-state index is 13.3. The van der Waals surface area contributed by atoms with Crippen molar-refractivity contribution in [3.05, 3.63) is 87.2 Å². The van der Waals surface area contributed by atoms with Crippen LogP contribution in [0.2, 0.25) is 10.0 Å². The van der Waals surface area contributed by atoms with Crippen molar-refractivity contribution >= 4 is 35.1 Å². The Kier molecular flexibility index (Phi) is 6.55. The van der Waals surface area contributed by atoms with Crippen molar-refractivity contribution in [1.82, 2.24) is 0 Å². The molecule has 0 aromatic heterocycles. The fourth-order valence-electron chi connectivity index (χ4n) is 2.55. The van der Waals surface area contributed by atoms with Crippen molar-refractivity contribution in [3.63, 3.8) is 0 Å². The maximum atomic E-state index is 13.3. The van der Waals surface area contributed by atoms with Gasteiger partial charge in [-0.1, -0.05) is 41.4 Å². The number of methoxy groups -OCH3 is 1. The van der Waals surface area contributed by atoms with Crippen molar-refractivity contribution in [2.75, 3.05) is 7.11 Å². The zero-order valence-electron chi connectivity index (χ0n) is 15.4. The smallest absolute Gasteiger partial charge is 0.180 e. The molecule has 3 nitrogen and oxygen atoms in total. The molecule has 6 heteroatoms. The van der Waals surface area contributed by atoms with E-state index >= 15 is 0 Å². The zero-order chi connectivity index (χ0) is 20.1. The van der Waals surface area contributed by atoms with Gasteiger partial charge in [-0.25, -0.2) is 4.39 Å². The molecule has 0 N–H and O–H groups in total. The molecule has 0 radical (unpaired) electrons. The van der Waals surface area contributed by atoms with Crippen molar-refractivity contribution in [3.8, 4) is 11.5 Å². The van der Waals surface area contributed by atoms with Crippen LogP contribution in [0.4, 0.5) is 10.1 Å². The summed E-state index contributed by atoms with van der Waals surface area (Å²) in [6.45, 7) is 2.10. The van der Waals surface area contributed by atoms with Crippen molar-refractivity contribution < 1.29 is 13.9 Å². The molecule has 0 aliphatic heterocycles. The van der Waals surface area contributed by atoms with Crippen LogP contribution in [-0.4, -0.2) is 13.3 Å². The average Bonchev–Trinajstić information content (AvgIpc) is 2.67. The van der Waals surface area contributed by atoms with E-state index < -0.39 is 0 Å². The molecular formula is C22H18Cl2FNO2. The Morgan fingerprint density at radius 2 is 1.86 bits per heavy atom. The third-order valence-corrected chi connectivity index (χ3v) is 4.73. The Bertz CT molecular complexity index is 1020. The van der Waals surface area contributed by atoms with E-state index in [-0.39, 0.29) is 12.4 Å². The van der Waals surface area contributed by atoms with E-state index in [1.807, 2.05) is 19.1 Å². The lowest BCUT2D eigenvalue weighted by Crippen LogP contribution is -2.00. The fourth-order valence-corrected chi connectivity index (χ4v) is 3.00. The van der Waals surface area contributed by atoms with Crippen molar-refractivity contribution in [2.24, 2.45) is 4.99 Å². The molecule has 0 heterocycles. The highest BCUT2D eigenvalue weighted by molar-refractivity contribution is 6.32. The van der Waals surface area contributed by atoms with Crippen molar-refractivity contribution in [1.29, 1.82) is 0 Å². The molecule has 144 valence electrons. The summed E-state index contributed by atoms with van der Waals surface area (Å²) in [5, 5.41) is 1.03. The Labute approximate surface area is 173 Å². The minimum absolute atomic E-state index is 0.170. The molecule has 3 aromatic carbocycles. The molecule has 0 atom stereocenters. The second-order valence-electron chi connectivity index (χ2n) is 6.14. The first-order chi connectivity index (χ1) is 13.5. The number of benzene rings is 3. The third-order valence-electron chi connectivity index (χ3n) is 4.04. The highest BCUT2D eigenvalue weighted by Crippen LogP contribution is 2.36. The van der Waals surface area contributed by atoms with Crippen LogP contribution < -0.4 is 9.47 Å². The molecule has 0 bridgehead atoms. The molecule has 0 aliphatic carbocycles. The Balaban J connectivity index is 1.80. The summed E-state index contributed by atoms with van der Waals surface area (Å²) < 4.78 is 24.5. The van der Waals surface area contributed by atoms with E-state index in [2.05, 4.69) is 4.99 Å². The first kappa shape index (κ1) is 20.2. The summed E-state index contributed by atoms with van der Waals surface area (Å²) >= 11 is 12.5. The van der Waals surface area contributed by atoms with Crippen LogP contribution in [0.5, 0.6) is 11.5 Å². The number of rotatable bonds is 6. The molecule has 0 spiro atoms. The van der Waals surface area contributed by atoms with E-state index in [4.69, 9.17) is 32.7 Å². The molecule has 0 fully saturated rings. The van der Waals surface area contributed by atoms with E-state index in [1.165, 1.54) is 19.2 Å². The van der Waals surface area contributed by atoms with Crippen LogP contribution in [0.15, 0.2) is 59.6 Å². The standard InChI is InChI=1S/C22H18Cl2FNO2/c1-14-6-7-18(11-19(14)23)26-12-16-9-20(24)22(21(10-16)27-2)28-13-15-4-3-5-17(25)8-15/h3-12H,13H2,1-2H3. The van der Waals surface area contributed by atoms with Gasteiger partial charge in [-0.3, -0.25) is 4.99 Å². The van der Waals surface area contributed by atoms with Crippen LogP contribution in [0.25, 0.3) is 0 Å². The normalized spacial score (nSPS) is 11.0. The summed E-state index contributed by atoms with van der Waals surface area (Å²) in [5.74, 6) is 0.540. The highest BCUT2D eigenvalue weighted by Gasteiger charge is 2.12. The molecule has 0 aliphatic rings. The summed E-state index contributed by atoms with van der Waals surface area (Å²) in [5.41, 5.74) is 3.17. The van der Waals surface area contributed by atoms with E-state index in [0.717, 1.165) is 16.8 Å². The van der Waals surface area contributed by atoms with Gasteiger partial charge in [-0.15, -0.1) is 0 Å². The topological polar surface area (TPSA) is 30.8 Å².